The number of benzene rings is 1. The van der Waals surface area contributed by atoms with Crippen LogP contribution in [0.15, 0.2) is 29.1 Å². The quantitative estimate of drug-likeness (QED) is 0.780. The summed E-state index contributed by atoms with van der Waals surface area (Å²) >= 11 is 1.61. The maximum Gasteiger partial charge on any atom is 0.0795 e. The summed E-state index contributed by atoms with van der Waals surface area (Å²) in [5.74, 6) is 0. The van der Waals surface area contributed by atoms with Crippen molar-refractivity contribution in [2.45, 2.75) is 13.5 Å². The second-order valence-corrected chi connectivity index (χ2v) is 4.12. The van der Waals surface area contributed by atoms with Crippen molar-refractivity contribution < 1.29 is 0 Å². The minimum Gasteiger partial charge on any atom is -0.399 e. The Morgan fingerprint density at radius 3 is 3.00 bits per heavy atom. The van der Waals surface area contributed by atoms with Crippen LogP contribution in [0.2, 0.25) is 0 Å². The molecule has 1 aromatic heterocycles. The van der Waals surface area contributed by atoms with Crippen molar-refractivity contribution in [2.24, 2.45) is 0 Å². The molecule has 78 valence electrons. The van der Waals surface area contributed by atoms with Gasteiger partial charge in [-0.15, -0.1) is 11.3 Å². The lowest BCUT2D eigenvalue weighted by molar-refractivity contribution is 1.07. The number of nitrogens with one attached hydrogen (secondary N) is 1. The van der Waals surface area contributed by atoms with Gasteiger partial charge in [-0.25, -0.2) is 4.98 Å². The molecule has 0 unspecified atom stereocenters. The van der Waals surface area contributed by atoms with Crippen molar-refractivity contribution in [1.82, 2.24) is 4.98 Å². The Bertz CT molecular complexity index is 437. The fraction of sp³-hybridized carbons (Fsp3) is 0.182. The second kappa shape index (κ2) is 4.31. The summed E-state index contributed by atoms with van der Waals surface area (Å²) in [6.45, 7) is 2.76. The van der Waals surface area contributed by atoms with Crippen LogP contribution >= 0.6 is 11.3 Å². The Hall–Kier alpha value is -1.55. The first-order valence-corrected chi connectivity index (χ1v) is 5.67. The van der Waals surface area contributed by atoms with Gasteiger partial charge in [-0.3, -0.25) is 0 Å². The standard InChI is InChI=1S/C11H13N3S/c1-8-4-9(2-3-11(8)12)13-5-10-6-15-7-14-10/h2-4,6-7,13H,5,12H2,1H3. The van der Waals surface area contributed by atoms with E-state index in [4.69, 9.17) is 5.73 Å². The molecule has 0 saturated heterocycles. The zero-order chi connectivity index (χ0) is 10.7. The van der Waals surface area contributed by atoms with Gasteiger partial charge < -0.3 is 11.1 Å². The summed E-state index contributed by atoms with van der Waals surface area (Å²) in [7, 11) is 0. The molecule has 0 aliphatic carbocycles. The third kappa shape index (κ3) is 2.47. The van der Waals surface area contributed by atoms with E-state index >= 15 is 0 Å². The van der Waals surface area contributed by atoms with Crippen molar-refractivity contribution in [2.75, 3.05) is 11.1 Å². The van der Waals surface area contributed by atoms with E-state index in [2.05, 4.69) is 10.3 Å². The lowest BCUT2D eigenvalue weighted by Gasteiger charge is -2.06. The normalized spacial score (nSPS) is 10.2. The number of aromatic nitrogens is 1. The Kier molecular flexibility index (Phi) is 2.87. The first-order valence-electron chi connectivity index (χ1n) is 4.73. The van der Waals surface area contributed by atoms with Crippen LogP contribution in [0.1, 0.15) is 11.3 Å². The van der Waals surface area contributed by atoms with Crippen LogP contribution in [0, 0.1) is 6.92 Å². The van der Waals surface area contributed by atoms with Gasteiger partial charge in [0.05, 0.1) is 17.7 Å². The first kappa shape index (κ1) is 9.98. The van der Waals surface area contributed by atoms with E-state index in [1.807, 2.05) is 36.0 Å². The van der Waals surface area contributed by atoms with Gasteiger partial charge in [0, 0.05) is 16.8 Å². The molecule has 0 bridgehead atoms. The molecule has 1 aromatic carbocycles. The van der Waals surface area contributed by atoms with Crippen LogP contribution in [-0.4, -0.2) is 4.98 Å². The van der Waals surface area contributed by atoms with Crippen molar-refractivity contribution in [3.63, 3.8) is 0 Å². The highest BCUT2D eigenvalue weighted by Gasteiger charge is 1.97. The van der Waals surface area contributed by atoms with E-state index in [-0.39, 0.29) is 0 Å². The number of nitrogen functional groups attached to an aromatic ring is 1. The van der Waals surface area contributed by atoms with Crippen molar-refractivity contribution in [1.29, 1.82) is 0 Å². The molecule has 0 aliphatic heterocycles. The number of hydrogen-bond donors (Lipinski definition) is 2. The summed E-state index contributed by atoms with van der Waals surface area (Å²) in [5, 5.41) is 5.34. The molecule has 2 rings (SSSR count). The number of nitrogens with two attached hydrogens (primary N) is 1. The number of rotatable bonds is 3. The maximum absolute atomic E-state index is 5.74. The SMILES string of the molecule is Cc1cc(NCc2cscn2)ccc1N. The van der Waals surface area contributed by atoms with Gasteiger partial charge in [0.2, 0.25) is 0 Å². The Morgan fingerprint density at radius 2 is 2.33 bits per heavy atom. The number of thiazole rings is 1. The predicted octanol–water partition coefficient (Wildman–Crippen LogP) is 2.65. The molecular formula is C11H13N3S. The first-order chi connectivity index (χ1) is 7.25. The minimum absolute atomic E-state index is 0.757. The number of aryl methyl sites for hydroxylation is 1. The number of anilines is 2. The van der Waals surface area contributed by atoms with Gasteiger partial charge in [0.15, 0.2) is 0 Å². The highest BCUT2D eigenvalue weighted by molar-refractivity contribution is 7.07. The fourth-order valence-electron chi connectivity index (χ4n) is 1.30. The molecule has 0 spiro atoms. The van der Waals surface area contributed by atoms with Crippen LogP contribution in [0.3, 0.4) is 0 Å². The lowest BCUT2D eigenvalue weighted by Crippen LogP contribution is -2.00. The molecular weight excluding hydrogens is 206 g/mol. The van der Waals surface area contributed by atoms with Gasteiger partial charge in [0.25, 0.3) is 0 Å². The molecule has 3 nitrogen and oxygen atoms in total. The molecule has 0 saturated carbocycles. The topological polar surface area (TPSA) is 50.9 Å². The zero-order valence-corrected chi connectivity index (χ0v) is 9.34. The van der Waals surface area contributed by atoms with Gasteiger partial charge in [-0.1, -0.05) is 0 Å². The summed E-state index contributed by atoms with van der Waals surface area (Å²) in [6, 6.07) is 5.94. The number of nitrogens with zero attached hydrogens (tertiary/aromatic N) is 1. The largest absolute Gasteiger partial charge is 0.399 e. The highest BCUT2D eigenvalue weighted by Crippen LogP contribution is 2.17. The van der Waals surface area contributed by atoms with Gasteiger partial charge >= 0.3 is 0 Å². The van der Waals surface area contributed by atoms with Gasteiger partial charge in [-0.05, 0) is 30.7 Å². The third-order valence-corrected chi connectivity index (χ3v) is 2.86. The molecule has 0 radical (unpaired) electrons. The molecule has 4 heteroatoms. The van der Waals surface area contributed by atoms with E-state index in [9.17, 15) is 0 Å². The van der Waals surface area contributed by atoms with E-state index < -0.39 is 0 Å². The molecule has 15 heavy (non-hydrogen) atoms. The Labute approximate surface area is 93.0 Å². The van der Waals surface area contributed by atoms with E-state index in [0.29, 0.717) is 0 Å². The molecule has 0 amide bonds. The molecule has 3 N–H and O–H groups in total. The summed E-state index contributed by atoms with van der Waals surface area (Å²) < 4.78 is 0. The van der Waals surface area contributed by atoms with Crippen LogP contribution in [0.4, 0.5) is 11.4 Å². The maximum atomic E-state index is 5.74. The van der Waals surface area contributed by atoms with Gasteiger partial charge in [0.1, 0.15) is 0 Å². The van der Waals surface area contributed by atoms with Crippen LogP contribution < -0.4 is 11.1 Å². The molecule has 0 aliphatic rings. The zero-order valence-electron chi connectivity index (χ0n) is 8.53. The molecule has 0 atom stereocenters. The van der Waals surface area contributed by atoms with Crippen molar-refractivity contribution in [3.05, 3.63) is 40.3 Å². The third-order valence-electron chi connectivity index (χ3n) is 2.23. The Morgan fingerprint density at radius 1 is 1.47 bits per heavy atom. The minimum atomic E-state index is 0.757. The van der Waals surface area contributed by atoms with Crippen LogP contribution in [-0.2, 0) is 6.54 Å². The molecule has 1 heterocycles. The second-order valence-electron chi connectivity index (χ2n) is 3.40. The van der Waals surface area contributed by atoms with Crippen molar-refractivity contribution >= 4 is 22.7 Å². The Balaban J connectivity index is 2.02. The predicted molar refractivity (Wildman–Crippen MR) is 65.0 cm³/mol. The average Bonchev–Trinajstić information content (AvgIpc) is 2.73. The smallest absolute Gasteiger partial charge is 0.0795 e. The van der Waals surface area contributed by atoms with Crippen LogP contribution in [0.5, 0.6) is 0 Å². The lowest BCUT2D eigenvalue weighted by atomic mass is 10.2. The highest BCUT2D eigenvalue weighted by atomic mass is 32.1. The van der Waals surface area contributed by atoms with Gasteiger partial charge in [-0.2, -0.15) is 0 Å². The molecule has 2 aromatic rings. The summed E-state index contributed by atoms with van der Waals surface area (Å²) in [5.41, 5.74) is 11.6. The number of hydrogen-bond acceptors (Lipinski definition) is 4. The van der Waals surface area contributed by atoms with E-state index in [0.717, 1.165) is 29.2 Å². The molecule has 0 fully saturated rings. The van der Waals surface area contributed by atoms with E-state index in [1.54, 1.807) is 11.3 Å². The van der Waals surface area contributed by atoms with Crippen molar-refractivity contribution in [3.8, 4) is 0 Å². The summed E-state index contributed by atoms with van der Waals surface area (Å²) in [6.07, 6.45) is 0. The summed E-state index contributed by atoms with van der Waals surface area (Å²) in [4.78, 5) is 4.20. The fourth-order valence-corrected chi connectivity index (χ4v) is 1.86. The van der Waals surface area contributed by atoms with Crippen LogP contribution in [0.25, 0.3) is 0 Å². The van der Waals surface area contributed by atoms with E-state index in [1.165, 1.54) is 0 Å². The monoisotopic (exact) mass is 219 g/mol. The average molecular weight is 219 g/mol.